The van der Waals surface area contributed by atoms with E-state index in [2.05, 4.69) is 39.8 Å². The summed E-state index contributed by atoms with van der Waals surface area (Å²) in [6, 6.07) is 39.9. The van der Waals surface area contributed by atoms with Crippen molar-refractivity contribution in [1.82, 2.24) is 0 Å². The summed E-state index contributed by atoms with van der Waals surface area (Å²) in [5, 5.41) is 0. The molecule has 0 aliphatic carbocycles. The highest BCUT2D eigenvalue weighted by molar-refractivity contribution is 6.03. The van der Waals surface area contributed by atoms with Crippen LogP contribution in [0, 0.1) is 76.4 Å². The summed E-state index contributed by atoms with van der Waals surface area (Å²) < 4.78 is 109. The van der Waals surface area contributed by atoms with E-state index in [1.165, 1.54) is 37.4 Å². The maximum Gasteiger partial charge on any atom is 0.136 e. The van der Waals surface area contributed by atoms with E-state index in [1.54, 1.807) is 30.3 Å². The first-order valence-corrected chi connectivity index (χ1v) is 22.9. The molecule has 0 unspecified atom stereocenters. The lowest BCUT2D eigenvalue weighted by Gasteiger charge is -2.27. The number of aryl methyl sites for hydroxylation is 2. The molecule has 0 saturated heterocycles. The molecule has 8 heteroatoms. The molecule has 0 aliphatic rings. The van der Waals surface area contributed by atoms with Gasteiger partial charge in [0.15, 0.2) is 0 Å². The van der Waals surface area contributed by atoms with Crippen molar-refractivity contribution in [2.75, 3.05) is 7.11 Å². The predicted molar refractivity (Wildman–Crippen MR) is 270 cm³/mol. The van der Waals surface area contributed by atoms with Crippen molar-refractivity contribution in [1.29, 1.82) is 0 Å². The Kier molecular flexibility index (Phi) is 13.0. The second-order valence-electron chi connectivity index (χ2n) is 17.6. The van der Waals surface area contributed by atoms with Crippen molar-refractivity contribution in [2.24, 2.45) is 0 Å². The Bertz CT molecular complexity index is 3440. The van der Waals surface area contributed by atoms with Gasteiger partial charge in [-0.05, 0) is 186 Å². The van der Waals surface area contributed by atoms with Gasteiger partial charge in [0.25, 0.3) is 0 Å². The Labute approximate surface area is 404 Å². The van der Waals surface area contributed by atoms with Crippen LogP contribution in [0.4, 0.5) is 26.3 Å². The van der Waals surface area contributed by atoms with Crippen LogP contribution in [-0.2, 0) is 6.61 Å². The number of hydrogen-bond acceptors (Lipinski definition) is 2. The smallest absolute Gasteiger partial charge is 0.136 e. The molecule has 0 saturated carbocycles. The molecular weight excluding hydrogens is 891 g/mol. The summed E-state index contributed by atoms with van der Waals surface area (Å²) in [5.74, 6) is -4.55. The first-order chi connectivity index (χ1) is 33.7. The summed E-state index contributed by atoms with van der Waals surface area (Å²) in [7, 11) is 1.51. The molecule has 0 aliphatic heterocycles. The maximum atomic E-state index is 16.7. The van der Waals surface area contributed by atoms with Gasteiger partial charge in [-0.25, -0.2) is 26.3 Å². The van der Waals surface area contributed by atoms with E-state index in [0.29, 0.717) is 45.2 Å². The van der Waals surface area contributed by atoms with E-state index in [9.17, 15) is 4.39 Å². The van der Waals surface area contributed by atoms with Crippen LogP contribution < -0.4 is 9.47 Å². The Morgan fingerprint density at radius 2 is 0.971 bits per heavy atom. The molecule has 0 atom stereocenters. The van der Waals surface area contributed by atoms with E-state index in [4.69, 9.17) is 9.47 Å². The van der Waals surface area contributed by atoms with Crippen molar-refractivity contribution in [3.8, 4) is 89.4 Å². The van der Waals surface area contributed by atoms with Gasteiger partial charge >= 0.3 is 0 Å². The van der Waals surface area contributed by atoms with Crippen LogP contribution in [-0.4, -0.2) is 7.11 Å². The molecule has 0 heterocycles. The zero-order valence-corrected chi connectivity index (χ0v) is 39.7. The Morgan fingerprint density at radius 3 is 1.63 bits per heavy atom. The number of hydrogen-bond donors (Lipinski definition) is 0. The molecule has 0 radical (unpaired) electrons. The lowest BCUT2D eigenvalue weighted by Crippen LogP contribution is -2.06. The van der Waals surface area contributed by atoms with Gasteiger partial charge < -0.3 is 9.47 Å². The SMILES string of the molecule is COc1ccc(F)c(-c2cc(-c3cc(-c4c(F)cccc4F)c(-c4ccc(F)cc4F)c(OCc4ccccc4F)c3-c3c(C)cccc3C)ccc2-c2c(C)c(C)c(-c3ccccc3)c(C)c2C)c1. The summed E-state index contributed by atoms with van der Waals surface area (Å²) in [6.45, 7) is 11.7. The minimum absolute atomic E-state index is 0.0473. The molecule has 9 aromatic rings. The number of halogens is 6. The fraction of sp³-hybridized carbons (Fsp3) is 0.129. The second-order valence-corrected chi connectivity index (χ2v) is 17.6. The highest BCUT2D eigenvalue weighted by atomic mass is 19.2. The van der Waals surface area contributed by atoms with Gasteiger partial charge in [0.1, 0.15) is 53.0 Å². The van der Waals surface area contributed by atoms with E-state index >= 15 is 22.0 Å². The molecule has 0 amide bonds. The van der Waals surface area contributed by atoms with Gasteiger partial charge in [0, 0.05) is 33.9 Å². The molecule has 0 bridgehead atoms. The maximum absolute atomic E-state index is 16.7. The Balaban J connectivity index is 1.46. The van der Waals surface area contributed by atoms with Crippen LogP contribution >= 0.6 is 0 Å². The van der Waals surface area contributed by atoms with Gasteiger partial charge in [-0.2, -0.15) is 0 Å². The lowest BCUT2D eigenvalue weighted by atomic mass is 9.79. The minimum Gasteiger partial charge on any atom is -0.497 e. The number of ether oxygens (including phenoxy) is 2. The Hall–Kier alpha value is -7.84. The number of rotatable bonds is 11. The molecule has 0 aromatic heterocycles. The zero-order chi connectivity index (χ0) is 49.5. The summed E-state index contributed by atoms with van der Waals surface area (Å²) in [4.78, 5) is 0. The van der Waals surface area contributed by atoms with E-state index < -0.39 is 47.1 Å². The topological polar surface area (TPSA) is 18.5 Å². The molecule has 0 N–H and O–H groups in total. The van der Waals surface area contributed by atoms with E-state index in [1.807, 2.05) is 68.4 Å². The van der Waals surface area contributed by atoms with E-state index in [-0.39, 0.29) is 33.6 Å². The molecule has 2 nitrogen and oxygen atoms in total. The fourth-order valence-electron chi connectivity index (χ4n) is 9.91. The quantitative estimate of drug-likeness (QED) is 0.120. The monoisotopic (exact) mass is 938 g/mol. The van der Waals surface area contributed by atoms with Crippen LogP contribution in [0.25, 0.3) is 77.9 Å². The third-order valence-corrected chi connectivity index (χ3v) is 13.5. The summed E-state index contributed by atoms with van der Waals surface area (Å²) >= 11 is 0. The van der Waals surface area contributed by atoms with Crippen molar-refractivity contribution >= 4 is 0 Å². The predicted octanol–water partition coefficient (Wildman–Crippen LogP) is 17.6. The van der Waals surface area contributed by atoms with Crippen LogP contribution in [0.1, 0.15) is 38.9 Å². The summed E-state index contributed by atoms with van der Waals surface area (Å²) in [6.07, 6.45) is 0. The van der Waals surface area contributed by atoms with Crippen LogP contribution in [0.5, 0.6) is 11.5 Å². The molecule has 9 rings (SSSR count). The average Bonchev–Trinajstić information content (AvgIpc) is 3.34. The highest BCUT2D eigenvalue weighted by Gasteiger charge is 2.31. The Morgan fingerprint density at radius 1 is 0.357 bits per heavy atom. The molecule has 0 spiro atoms. The zero-order valence-electron chi connectivity index (χ0n) is 39.7. The first-order valence-electron chi connectivity index (χ1n) is 22.9. The molecule has 9 aromatic carbocycles. The fourth-order valence-corrected chi connectivity index (χ4v) is 9.91. The van der Waals surface area contributed by atoms with E-state index in [0.717, 1.165) is 68.3 Å². The molecule has 70 heavy (non-hydrogen) atoms. The molecular formula is C62H48F6O2. The lowest BCUT2D eigenvalue weighted by molar-refractivity contribution is 0.302. The third kappa shape index (κ3) is 8.52. The standard InChI is InChI=1S/C62H48F6O2/c1-34-15-13-16-35(2)56(34)61-47(32-50(60-53(66)21-14-22-54(60)67)59(46-27-24-43(63)30-55(46)68)62(61)70-33-42-19-11-12-20-51(42)64)41-23-26-45(48(29-41)49-31-44(69-7)25-28-52(49)65)58-38(5)36(3)57(37(4)39(58)6)40-17-9-8-10-18-40/h8-32H,33H2,1-7H3. The largest absolute Gasteiger partial charge is 0.497 e. The van der Waals surface area contributed by atoms with Gasteiger partial charge in [0.05, 0.1) is 12.7 Å². The van der Waals surface area contributed by atoms with Gasteiger partial charge in [-0.3, -0.25) is 0 Å². The van der Waals surface area contributed by atoms with Gasteiger partial charge in [-0.1, -0.05) is 84.9 Å². The summed E-state index contributed by atoms with van der Waals surface area (Å²) in [5.41, 5.74) is 11.2. The molecule has 0 fully saturated rings. The number of benzene rings is 9. The van der Waals surface area contributed by atoms with Crippen LogP contribution in [0.3, 0.4) is 0 Å². The minimum atomic E-state index is -1.02. The number of methoxy groups -OCH3 is 1. The highest BCUT2D eigenvalue weighted by Crippen LogP contribution is 2.54. The van der Waals surface area contributed by atoms with Crippen LogP contribution in [0.15, 0.2) is 152 Å². The molecule has 350 valence electrons. The second kappa shape index (κ2) is 19.3. The average molecular weight is 939 g/mol. The van der Waals surface area contributed by atoms with Gasteiger partial charge in [0.2, 0.25) is 0 Å². The van der Waals surface area contributed by atoms with Crippen LogP contribution in [0.2, 0.25) is 0 Å². The van der Waals surface area contributed by atoms with Crippen molar-refractivity contribution in [2.45, 2.75) is 48.1 Å². The van der Waals surface area contributed by atoms with Gasteiger partial charge in [-0.15, -0.1) is 0 Å². The van der Waals surface area contributed by atoms with Crippen molar-refractivity contribution in [3.63, 3.8) is 0 Å². The van der Waals surface area contributed by atoms with Crippen molar-refractivity contribution < 1.29 is 35.8 Å². The van der Waals surface area contributed by atoms with Crippen molar-refractivity contribution in [3.05, 3.63) is 226 Å². The first kappa shape index (κ1) is 47.2. The third-order valence-electron chi connectivity index (χ3n) is 13.5. The normalized spacial score (nSPS) is 11.3.